The van der Waals surface area contributed by atoms with Crippen molar-refractivity contribution in [3.05, 3.63) is 89.6 Å². The van der Waals surface area contributed by atoms with Crippen molar-refractivity contribution in [3.63, 3.8) is 0 Å². The SMILES string of the molecule is CCCOc1ncccc1CNC(=O)c1ccc(COc2ccccc2)cc1. The Morgan fingerprint density at radius 3 is 2.50 bits per heavy atom. The van der Waals surface area contributed by atoms with Gasteiger partial charge in [0, 0.05) is 23.9 Å². The van der Waals surface area contributed by atoms with E-state index in [0.717, 1.165) is 23.3 Å². The number of para-hydroxylation sites is 1. The van der Waals surface area contributed by atoms with E-state index in [2.05, 4.69) is 10.3 Å². The highest BCUT2D eigenvalue weighted by Crippen LogP contribution is 2.15. The molecule has 0 aliphatic rings. The molecule has 0 atom stereocenters. The molecule has 28 heavy (non-hydrogen) atoms. The quantitative estimate of drug-likeness (QED) is 0.602. The molecular weight excluding hydrogens is 352 g/mol. The van der Waals surface area contributed by atoms with E-state index in [0.29, 0.717) is 31.2 Å². The van der Waals surface area contributed by atoms with Crippen LogP contribution in [-0.4, -0.2) is 17.5 Å². The van der Waals surface area contributed by atoms with Crippen molar-refractivity contribution in [1.82, 2.24) is 10.3 Å². The highest BCUT2D eigenvalue weighted by molar-refractivity contribution is 5.94. The smallest absolute Gasteiger partial charge is 0.251 e. The number of carbonyl (C=O) groups excluding carboxylic acids is 1. The van der Waals surface area contributed by atoms with E-state index in [1.807, 2.05) is 61.5 Å². The van der Waals surface area contributed by atoms with Gasteiger partial charge in [-0.05, 0) is 42.3 Å². The van der Waals surface area contributed by atoms with Crippen LogP contribution in [-0.2, 0) is 13.2 Å². The number of hydrogen-bond acceptors (Lipinski definition) is 4. The zero-order valence-corrected chi connectivity index (χ0v) is 15.9. The molecule has 1 heterocycles. The molecule has 0 radical (unpaired) electrons. The fraction of sp³-hybridized carbons (Fsp3) is 0.217. The van der Waals surface area contributed by atoms with Crippen molar-refractivity contribution < 1.29 is 14.3 Å². The van der Waals surface area contributed by atoms with Gasteiger partial charge in [0.2, 0.25) is 5.88 Å². The Kier molecular flexibility index (Phi) is 7.01. The van der Waals surface area contributed by atoms with Gasteiger partial charge in [0.15, 0.2) is 0 Å². The first kappa shape index (κ1) is 19.4. The van der Waals surface area contributed by atoms with Gasteiger partial charge in [-0.1, -0.05) is 43.3 Å². The average molecular weight is 376 g/mol. The summed E-state index contributed by atoms with van der Waals surface area (Å²) in [5, 5.41) is 2.92. The molecule has 2 aromatic carbocycles. The number of nitrogens with one attached hydrogen (secondary N) is 1. The predicted molar refractivity (Wildman–Crippen MR) is 108 cm³/mol. The topological polar surface area (TPSA) is 60.5 Å². The van der Waals surface area contributed by atoms with Crippen molar-refractivity contribution in [1.29, 1.82) is 0 Å². The van der Waals surface area contributed by atoms with Crippen LogP contribution in [0.2, 0.25) is 0 Å². The van der Waals surface area contributed by atoms with Gasteiger partial charge in [-0.2, -0.15) is 0 Å². The van der Waals surface area contributed by atoms with Crippen LogP contribution in [0.3, 0.4) is 0 Å². The first-order chi connectivity index (χ1) is 13.8. The third kappa shape index (κ3) is 5.58. The molecule has 144 valence electrons. The lowest BCUT2D eigenvalue weighted by Crippen LogP contribution is -2.23. The van der Waals surface area contributed by atoms with Crippen molar-refractivity contribution in [2.75, 3.05) is 6.61 Å². The Labute approximate surface area is 165 Å². The monoisotopic (exact) mass is 376 g/mol. The van der Waals surface area contributed by atoms with Gasteiger partial charge < -0.3 is 14.8 Å². The molecule has 0 bridgehead atoms. The van der Waals surface area contributed by atoms with Gasteiger partial charge in [0.1, 0.15) is 12.4 Å². The molecule has 0 unspecified atom stereocenters. The van der Waals surface area contributed by atoms with Crippen molar-refractivity contribution in [3.8, 4) is 11.6 Å². The van der Waals surface area contributed by atoms with Gasteiger partial charge >= 0.3 is 0 Å². The summed E-state index contributed by atoms with van der Waals surface area (Å²) in [5.41, 5.74) is 2.46. The molecule has 0 aliphatic heterocycles. The molecule has 1 amide bonds. The van der Waals surface area contributed by atoms with Crippen LogP contribution < -0.4 is 14.8 Å². The number of aromatic nitrogens is 1. The van der Waals surface area contributed by atoms with Crippen LogP contribution in [0, 0.1) is 0 Å². The molecule has 0 saturated carbocycles. The maximum absolute atomic E-state index is 12.4. The number of amides is 1. The van der Waals surface area contributed by atoms with Gasteiger partial charge in [0.05, 0.1) is 6.61 Å². The summed E-state index contributed by atoms with van der Waals surface area (Å²) in [7, 11) is 0. The number of benzene rings is 2. The molecule has 5 heteroatoms. The first-order valence-corrected chi connectivity index (χ1v) is 9.38. The lowest BCUT2D eigenvalue weighted by atomic mass is 10.1. The van der Waals surface area contributed by atoms with Crippen molar-refractivity contribution in [2.24, 2.45) is 0 Å². The van der Waals surface area contributed by atoms with Crippen LogP contribution >= 0.6 is 0 Å². The summed E-state index contributed by atoms with van der Waals surface area (Å²) >= 11 is 0. The second-order valence-corrected chi connectivity index (χ2v) is 6.30. The minimum atomic E-state index is -0.138. The highest BCUT2D eigenvalue weighted by atomic mass is 16.5. The Balaban J connectivity index is 1.53. The van der Waals surface area contributed by atoms with Crippen LogP contribution in [0.5, 0.6) is 11.6 Å². The third-order valence-electron chi connectivity index (χ3n) is 4.10. The van der Waals surface area contributed by atoms with Gasteiger partial charge in [-0.3, -0.25) is 4.79 Å². The Bertz CT molecular complexity index is 880. The number of pyridine rings is 1. The fourth-order valence-corrected chi connectivity index (χ4v) is 2.60. The van der Waals surface area contributed by atoms with Crippen LogP contribution in [0.1, 0.15) is 34.8 Å². The summed E-state index contributed by atoms with van der Waals surface area (Å²) in [6.07, 6.45) is 2.59. The molecule has 0 saturated heterocycles. The van der Waals surface area contributed by atoms with Crippen LogP contribution in [0.15, 0.2) is 72.9 Å². The lowest BCUT2D eigenvalue weighted by Gasteiger charge is -2.11. The van der Waals surface area contributed by atoms with E-state index < -0.39 is 0 Å². The molecule has 1 N–H and O–H groups in total. The van der Waals surface area contributed by atoms with E-state index in [1.165, 1.54) is 0 Å². The zero-order chi connectivity index (χ0) is 19.6. The Morgan fingerprint density at radius 2 is 1.75 bits per heavy atom. The van der Waals surface area contributed by atoms with E-state index in [9.17, 15) is 4.79 Å². The molecule has 0 fully saturated rings. The van der Waals surface area contributed by atoms with E-state index >= 15 is 0 Å². The minimum absolute atomic E-state index is 0.138. The number of hydrogen-bond donors (Lipinski definition) is 1. The van der Waals surface area contributed by atoms with Gasteiger partial charge in [0.25, 0.3) is 5.91 Å². The minimum Gasteiger partial charge on any atom is -0.489 e. The fourth-order valence-electron chi connectivity index (χ4n) is 2.60. The molecule has 0 aliphatic carbocycles. The van der Waals surface area contributed by atoms with E-state index in [4.69, 9.17) is 9.47 Å². The first-order valence-electron chi connectivity index (χ1n) is 9.38. The normalized spacial score (nSPS) is 10.3. The molecule has 1 aromatic heterocycles. The standard InChI is InChI=1S/C23H24N2O3/c1-2-15-27-23-20(7-6-14-24-23)16-25-22(26)19-12-10-18(11-13-19)17-28-21-8-4-3-5-9-21/h3-14H,2,15-17H2,1H3,(H,25,26). The second kappa shape index (κ2) is 10.1. The number of rotatable bonds is 9. The number of ether oxygens (including phenoxy) is 2. The molecular formula is C23H24N2O3. The predicted octanol–water partition coefficient (Wildman–Crippen LogP) is 4.38. The van der Waals surface area contributed by atoms with E-state index in [1.54, 1.807) is 18.3 Å². The van der Waals surface area contributed by atoms with Crippen molar-refractivity contribution in [2.45, 2.75) is 26.5 Å². The lowest BCUT2D eigenvalue weighted by molar-refractivity contribution is 0.0950. The summed E-state index contributed by atoms with van der Waals surface area (Å²) in [6, 6.07) is 20.8. The number of nitrogens with zero attached hydrogens (tertiary/aromatic N) is 1. The third-order valence-corrected chi connectivity index (χ3v) is 4.10. The summed E-state index contributed by atoms with van der Waals surface area (Å²) < 4.78 is 11.3. The summed E-state index contributed by atoms with van der Waals surface area (Å²) in [6.45, 7) is 3.47. The maximum atomic E-state index is 12.4. The van der Waals surface area contributed by atoms with Gasteiger partial charge in [-0.15, -0.1) is 0 Å². The molecule has 0 spiro atoms. The highest BCUT2D eigenvalue weighted by Gasteiger charge is 2.09. The molecule has 3 rings (SSSR count). The molecule has 5 nitrogen and oxygen atoms in total. The zero-order valence-electron chi connectivity index (χ0n) is 15.9. The maximum Gasteiger partial charge on any atom is 0.251 e. The van der Waals surface area contributed by atoms with Crippen LogP contribution in [0.4, 0.5) is 0 Å². The summed E-state index contributed by atoms with van der Waals surface area (Å²) in [4.78, 5) is 16.7. The second-order valence-electron chi connectivity index (χ2n) is 6.30. The number of carbonyl (C=O) groups is 1. The Morgan fingerprint density at radius 1 is 0.964 bits per heavy atom. The summed E-state index contributed by atoms with van der Waals surface area (Å²) in [5.74, 6) is 1.25. The van der Waals surface area contributed by atoms with Crippen LogP contribution in [0.25, 0.3) is 0 Å². The largest absolute Gasteiger partial charge is 0.489 e. The van der Waals surface area contributed by atoms with Crippen molar-refractivity contribution >= 4 is 5.91 Å². The van der Waals surface area contributed by atoms with Gasteiger partial charge in [-0.25, -0.2) is 4.98 Å². The Hall–Kier alpha value is -3.34. The molecule has 3 aromatic rings. The van der Waals surface area contributed by atoms with E-state index in [-0.39, 0.29) is 5.91 Å². The average Bonchev–Trinajstić information content (AvgIpc) is 2.76.